The Morgan fingerprint density at radius 3 is 2.00 bits per heavy atom. The van der Waals surface area contributed by atoms with Crippen molar-refractivity contribution in [3.05, 3.63) is 30.3 Å². The average Bonchev–Trinajstić information content (AvgIpc) is 2.37. The van der Waals surface area contributed by atoms with Gasteiger partial charge < -0.3 is 6.16 Å². The second-order valence-electron chi connectivity index (χ2n) is 4.38. The third-order valence-corrected chi connectivity index (χ3v) is 2.51. The van der Waals surface area contributed by atoms with Crippen LogP contribution in [0.2, 0.25) is 0 Å². The molecule has 0 aromatic heterocycles. The molecule has 0 spiro atoms. The minimum absolute atomic E-state index is 0. The van der Waals surface area contributed by atoms with Crippen LogP contribution < -0.4 is 34.3 Å². The molecule has 0 aliphatic heterocycles. The SMILES string of the molecule is CCCCCCCCOc1ccccc1.O=S(=O)(O)O.[H-].[Na+]. The summed E-state index contributed by atoms with van der Waals surface area (Å²) in [4.78, 5) is 0. The molecule has 0 unspecified atom stereocenters. The Morgan fingerprint density at radius 1 is 1.00 bits per heavy atom. The summed E-state index contributed by atoms with van der Waals surface area (Å²) < 4.78 is 37.2. The first-order valence-corrected chi connectivity index (χ1v) is 8.21. The van der Waals surface area contributed by atoms with Crippen molar-refractivity contribution in [3.8, 4) is 5.75 Å². The first-order valence-electron chi connectivity index (χ1n) is 6.81. The van der Waals surface area contributed by atoms with E-state index < -0.39 is 10.4 Å². The zero-order valence-corrected chi connectivity index (χ0v) is 15.7. The van der Waals surface area contributed by atoms with Crippen LogP contribution in [0.1, 0.15) is 46.9 Å². The van der Waals surface area contributed by atoms with E-state index in [-0.39, 0.29) is 31.0 Å². The molecule has 0 heterocycles. The van der Waals surface area contributed by atoms with Crippen LogP contribution in [0.5, 0.6) is 5.75 Å². The maximum Gasteiger partial charge on any atom is 1.00 e. The largest absolute Gasteiger partial charge is 1.00 e. The fourth-order valence-corrected chi connectivity index (χ4v) is 1.59. The van der Waals surface area contributed by atoms with E-state index in [1.165, 1.54) is 38.5 Å². The zero-order valence-electron chi connectivity index (χ0n) is 13.9. The summed E-state index contributed by atoms with van der Waals surface area (Å²) in [6.07, 6.45) is 7.90. The molecule has 0 amide bonds. The fourth-order valence-electron chi connectivity index (χ4n) is 1.59. The molecule has 0 atom stereocenters. The smallest absolute Gasteiger partial charge is 1.00 e. The van der Waals surface area contributed by atoms with Gasteiger partial charge in [-0.15, -0.1) is 0 Å². The van der Waals surface area contributed by atoms with Gasteiger partial charge in [-0.2, -0.15) is 8.42 Å². The maximum atomic E-state index is 8.74. The molecule has 1 rings (SSSR count). The van der Waals surface area contributed by atoms with Gasteiger partial charge >= 0.3 is 40.0 Å². The standard InChI is InChI=1S/C14H22O.Na.H2O4S.H/c1-2-3-4-5-6-10-13-15-14-11-8-7-9-12-14;;1-5(2,3)4;/h7-9,11-12H,2-6,10,13H2,1H3;;(H2,1,2,3,4);/q;+1;;-1. The van der Waals surface area contributed by atoms with E-state index in [0.717, 1.165) is 12.4 Å². The molecular weight excluding hydrogens is 303 g/mol. The van der Waals surface area contributed by atoms with Crippen molar-refractivity contribution < 1.29 is 53.2 Å². The third kappa shape index (κ3) is 22.3. The summed E-state index contributed by atoms with van der Waals surface area (Å²) in [5.41, 5.74) is 0. The minimum Gasteiger partial charge on any atom is -1.00 e. The molecule has 0 bridgehead atoms. The molecule has 0 fully saturated rings. The van der Waals surface area contributed by atoms with Gasteiger partial charge in [-0.05, 0) is 18.6 Å². The van der Waals surface area contributed by atoms with E-state index in [9.17, 15) is 0 Å². The van der Waals surface area contributed by atoms with Crippen LogP contribution in [0.25, 0.3) is 0 Å². The zero-order chi connectivity index (χ0) is 15.3. The van der Waals surface area contributed by atoms with Gasteiger partial charge in [0.2, 0.25) is 0 Å². The van der Waals surface area contributed by atoms with Crippen LogP contribution in [0.3, 0.4) is 0 Å². The van der Waals surface area contributed by atoms with Gasteiger partial charge in [-0.3, -0.25) is 9.11 Å². The molecule has 1 aromatic carbocycles. The number of para-hydroxylation sites is 1. The van der Waals surface area contributed by atoms with Crippen molar-refractivity contribution in [1.29, 1.82) is 0 Å². The Kier molecular flexibility index (Phi) is 16.3. The monoisotopic (exact) mass is 328 g/mol. The summed E-state index contributed by atoms with van der Waals surface area (Å²) in [5, 5.41) is 0. The van der Waals surface area contributed by atoms with Crippen molar-refractivity contribution >= 4 is 10.4 Å². The normalized spacial score (nSPS) is 10.0. The summed E-state index contributed by atoms with van der Waals surface area (Å²) in [7, 11) is -4.67. The van der Waals surface area contributed by atoms with Crippen molar-refractivity contribution in [3.63, 3.8) is 0 Å². The molecule has 0 aliphatic rings. The number of hydrogen-bond acceptors (Lipinski definition) is 3. The molecule has 0 saturated heterocycles. The van der Waals surface area contributed by atoms with Gasteiger partial charge in [-0.1, -0.05) is 57.2 Å². The number of hydrogen-bond donors (Lipinski definition) is 2. The Labute approximate surface area is 151 Å². The number of rotatable bonds is 8. The topological polar surface area (TPSA) is 83.8 Å². The van der Waals surface area contributed by atoms with Gasteiger partial charge in [0, 0.05) is 0 Å². The van der Waals surface area contributed by atoms with Crippen LogP contribution >= 0.6 is 0 Å². The average molecular weight is 328 g/mol. The second kappa shape index (κ2) is 14.8. The Balaban J connectivity index is -0.000000452. The summed E-state index contributed by atoms with van der Waals surface area (Å²) >= 11 is 0. The van der Waals surface area contributed by atoms with Gasteiger partial charge in [0.1, 0.15) is 5.75 Å². The number of unbranched alkanes of at least 4 members (excludes halogenated alkanes) is 5. The first-order chi connectivity index (χ1) is 9.43. The molecule has 0 saturated carbocycles. The van der Waals surface area contributed by atoms with E-state index in [1.54, 1.807) is 0 Å². The molecule has 0 aliphatic carbocycles. The van der Waals surface area contributed by atoms with Crippen LogP contribution in [0.15, 0.2) is 30.3 Å². The molecule has 2 N–H and O–H groups in total. The molecule has 5 nitrogen and oxygen atoms in total. The van der Waals surface area contributed by atoms with Gasteiger partial charge in [0.05, 0.1) is 6.61 Å². The molecule has 7 heteroatoms. The molecule has 21 heavy (non-hydrogen) atoms. The van der Waals surface area contributed by atoms with Crippen LogP contribution in [0.4, 0.5) is 0 Å². The Morgan fingerprint density at radius 2 is 1.48 bits per heavy atom. The quantitative estimate of drug-likeness (QED) is 0.421. The molecule has 118 valence electrons. The van der Waals surface area contributed by atoms with Gasteiger partial charge in [-0.25, -0.2) is 0 Å². The Hall–Kier alpha value is -0.110. The summed E-state index contributed by atoms with van der Waals surface area (Å²) in [5.74, 6) is 0.992. The van der Waals surface area contributed by atoms with Crippen LogP contribution in [-0.2, 0) is 10.4 Å². The van der Waals surface area contributed by atoms with E-state index in [4.69, 9.17) is 22.3 Å². The van der Waals surface area contributed by atoms with Crippen molar-refractivity contribution in [1.82, 2.24) is 0 Å². The van der Waals surface area contributed by atoms with Crippen molar-refractivity contribution in [2.75, 3.05) is 6.61 Å². The summed E-state index contributed by atoms with van der Waals surface area (Å²) in [6, 6.07) is 10.1. The minimum atomic E-state index is -4.67. The van der Waals surface area contributed by atoms with Crippen molar-refractivity contribution in [2.45, 2.75) is 45.4 Å². The van der Waals surface area contributed by atoms with E-state index in [2.05, 4.69) is 6.92 Å². The van der Waals surface area contributed by atoms with Gasteiger partial charge in [0.15, 0.2) is 0 Å². The molecule has 0 radical (unpaired) electrons. The van der Waals surface area contributed by atoms with E-state index in [1.807, 2.05) is 30.3 Å². The predicted octanol–water partition coefficient (Wildman–Crippen LogP) is 0.890. The van der Waals surface area contributed by atoms with Crippen LogP contribution in [-0.4, -0.2) is 24.1 Å². The van der Waals surface area contributed by atoms with Gasteiger partial charge in [0.25, 0.3) is 0 Å². The van der Waals surface area contributed by atoms with Crippen molar-refractivity contribution in [2.24, 2.45) is 0 Å². The van der Waals surface area contributed by atoms with E-state index in [0.29, 0.717) is 0 Å². The number of ether oxygens (including phenoxy) is 1. The van der Waals surface area contributed by atoms with Crippen LogP contribution in [0, 0.1) is 0 Å². The third-order valence-electron chi connectivity index (χ3n) is 2.51. The number of benzene rings is 1. The van der Waals surface area contributed by atoms with E-state index >= 15 is 0 Å². The molecule has 1 aromatic rings. The fraction of sp³-hybridized carbons (Fsp3) is 0.571. The Bertz CT molecular complexity index is 420. The molecular formula is C14H25NaO5S. The first kappa shape index (κ1) is 23.2. The predicted molar refractivity (Wildman–Crippen MR) is 80.6 cm³/mol. The second-order valence-corrected chi connectivity index (χ2v) is 5.27. The summed E-state index contributed by atoms with van der Waals surface area (Å²) in [6.45, 7) is 3.11. The maximum absolute atomic E-state index is 8.74.